The highest BCUT2D eigenvalue weighted by atomic mass is 16.2. The van der Waals surface area contributed by atoms with Gasteiger partial charge >= 0.3 is 0 Å². The third kappa shape index (κ3) is 3.87. The van der Waals surface area contributed by atoms with Gasteiger partial charge in [0.1, 0.15) is 0 Å². The third-order valence-electron chi connectivity index (χ3n) is 4.94. The molecule has 1 fully saturated rings. The molecular formula is C20H26N4O. The molecule has 5 heteroatoms. The molecule has 0 unspecified atom stereocenters. The van der Waals surface area contributed by atoms with Crippen molar-refractivity contribution in [3.63, 3.8) is 0 Å². The Morgan fingerprint density at radius 2 is 1.96 bits per heavy atom. The van der Waals surface area contributed by atoms with E-state index in [1.54, 1.807) is 18.6 Å². The van der Waals surface area contributed by atoms with E-state index in [1.165, 1.54) is 0 Å². The van der Waals surface area contributed by atoms with E-state index in [9.17, 15) is 4.79 Å². The minimum atomic E-state index is 0.0793. The Morgan fingerprint density at radius 3 is 2.56 bits per heavy atom. The van der Waals surface area contributed by atoms with Crippen molar-refractivity contribution < 1.29 is 4.79 Å². The summed E-state index contributed by atoms with van der Waals surface area (Å²) in [4.78, 5) is 25.8. The molecule has 0 aliphatic carbocycles. The Balaban J connectivity index is 1.71. The van der Waals surface area contributed by atoms with Gasteiger partial charge in [0.25, 0.3) is 5.91 Å². The van der Waals surface area contributed by atoms with Crippen LogP contribution in [0, 0.1) is 0 Å². The van der Waals surface area contributed by atoms with Crippen LogP contribution in [-0.4, -0.2) is 57.4 Å². The van der Waals surface area contributed by atoms with Crippen LogP contribution < -0.4 is 0 Å². The van der Waals surface area contributed by atoms with E-state index in [0.717, 1.165) is 37.3 Å². The highest BCUT2D eigenvalue weighted by molar-refractivity contribution is 5.94. The maximum absolute atomic E-state index is 12.8. The Hall–Kier alpha value is -2.27. The van der Waals surface area contributed by atoms with Gasteiger partial charge in [-0.3, -0.25) is 19.7 Å². The van der Waals surface area contributed by atoms with Crippen LogP contribution >= 0.6 is 0 Å². The number of hydrogen-bond donors (Lipinski definition) is 0. The fourth-order valence-corrected chi connectivity index (χ4v) is 3.49. The second-order valence-corrected chi connectivity index (χ2v) is 6.81. The average Bonchev–Trinajstić information content (AvgIpc) is 2.67. The second-order valence-electron chi connectivity index (χ2n) is 6.81. The lowest BCUT2D eigenvalue weighted by molar-refractivity contribution is 0.0371. The van der Waals surface area contributed by atoms with Crippen molar-refractivity contribution in [1.82, 2.24) is 19.8 Å². The third-order valence-corrected chi connectivity index (χ3v) is 4.94. The van der Waals surface area contributed by atoms with Crippen molar-refractivity contribution in [3.8, 4) is 11.3 Å². The van der Waals surface area contributed by atoms with Gasteiger partial charge in [-0.1, -0.05) is 6.92 Å². The molecule has 1 amide bonds. The van der Waals surface area contributed by atoms with E-state index < -0.39 is 0 Å². The topological polar surface area (TPSA) is 49.3 Å². The van der Waals surface area contributed by atoms with Gasteiger partial charge in [0.2, 0.25) is 0 Å². The maximum Gasteiger partial charge on any atom is 0.255 e. The highest BCUT2D eigenvalue weighted by Gasteiger charge is 2.30. The first-order valence-corrected chi connectivity index (χ1v) is 9.01. The first-order valence-electron chi connectivity index (χ1n) is 9.01. The van der Waals surface area contributed by atoms with Gasteiger partial charge in [-0.25, -0.2) is 0 Å². The largest absolute Gasteiger partial charge is 0.336 e. The number of rotatable bonds is 4. The Morgan fingerprint density at radius 1 is 1.20 bits per heavy atom. The standard InChI is InChI=1S/C20H26N4O/c1-4-18-14-23(11-12-24(18)15(2)3)20(25)17-5-6-19(22-13-17)16-7-9-21-10-8-16/h5-10,13,15,18H,4,11-12,14H2,1-3H3/t18-/m0/s1. The van der Waals surface area contributed by atoms with Gasteiger partial charge in [0.05, 0.1) is 11.3 Å². The highest BCUT2D eigenvalue weighted by Crippen LogP contribution is 2.19. The molecule has 0 aromatic carbocycles. The SMILES string of the molecule is CC[C@H]1CN(C(=O)c2ccc(-c3ccncc3)nc2)CCN1C(C)C. The Labute approximate surface area is 149 Å². The molecule has 2 aromatic rings. The van der Waals surface area contributed by atoms with E-state index in [-0.39, 0.29) is 5.91 Å². The number of carbonyl (C=O) groups is 1. The van der Waals surface area contributed by atoms with Crippen molar-refractivity contribution in [2.24, 2.45) is 0 Å². The molecule has 0 spiro atoms. The molecule has 1 aliphatic rings. The summed E-state index contributed by atoms with van der Waals surface area (Å²) >= 11 is 0. The quantitative estimate of drug-likeness (QED) is 0.859. The first-order chi connectivity index (χ1) is 12.1. The van der Waals surface area contributed by atoms with E-state index in [2.05, 4.69) is 35.6 Å². The summed E-state index contributed by atoms with van der Waals surface area (Å²) in [5.41, 5.74) is 2.52. The fourth-order valence-electron chi connectivity index (χ4n) is 3.49. The molecule has 132 valence electrons. The lowest BCUT2D eigenvalue weighted by atomic mass is 10.1. The minimum Gasteiger partial charge on any atom is -0.336 e. The monoisotopic (exact) mass is 338 g/mol. The number of aromatic nitrogens is 2. The summed E-state index contributed by atoms with van der Waals surface area (Å²) in [6, 6.07) is 8.57. The number of carbonyl (C=O) groups excluding carboxylic acids is 1. The first kappa shape index (κ1) is 17.5. The molecular weight excluding hydrogens is 312 g/mol. The van der Waals surface area contributed by atoms with Gasteiger partial charge in [-0.2, -0.15) is 0 Å². The summed E-state index contributed by atoms with van der Waals surface area (Å²) in [5, 5.41) is 0. The average molecular weight is 338 g/mol. The van der Waals surface area contributed by atoms with Crippen molar-refractivity contribution in [3.05, 3.63) is 48.4 Å². The molecule has 25 heavy (non-hydrogen) atoms. The summed E-state index contributed by atoms with van der Waals surface area (Å²) in [5.74, 6) is 0.0793. The molecule has 5 nitrogen and oxygen atoms in total. The van der Waals surface area contributed by atoms with Crippen molar-refractivity contribution in [2.45, 2.75) is 39.3 Å². The zero-order valence-electron chi connectivity index (χ0n) is 15.2. The van der Waals surface area contributed by atoms with E-state index in [0.29, 0.717) is 17.6 Å². The second kappa shape index (κ2) is 7.74. The van der Waals surface area contributed by atoms with Gasteiger partial charge in [0, 0.05) is 55.9 Å². The van der Waals surface area contributed by atoms with Crippen LogP contribution in [-0.2, 0) is 0 Å². The maximum atomic E-state index is 12.8. The predicted molar refractivity (Wildman–Crippen MR) is 99.3 cm³/mol. The molecule has 0 radical (unpaired) electrons. The van der Waals surface area contributed by atoms with Crippen LogP contribution in [0.15, 0.2) is 42.9 Å². The summed E-state index contributed by atoms with van der Waals surface area (Å²) in [6.07, 6.45) is 6.24. The van der Waals surface area contributed by atoms with Crippen LogP contribution in [0.2, 0.25) is 0 Å². The molecule has 2 aromatic heterocycles. The zero-order valence-corrected chi connectivity index (χ0v) is 15.2. The van der Waals surface area contributed by atoms with Gasteiger partial charge in [0.15, 0.2) is 0 Å². The van der Waals surface area contributed by atoms with Crippen LogP contribution in [0.25, 0.3) is 11.3 Å². The number of pyridine rings is 2. The molecule has 0 bridgehead atoms. The van der Waals surface area contributed by atoms with Crippen LogP contribution in [0.5, 0.6) is 0 Å². The van der Waals surface area contributed by atoms with Crippen molar-refractivity contribution in [1.29, 1.82) is 0 Å². The Kier molecular flexibility index (Phi) is 5.43. The molecule has 1 saturated heterocycles. The summed E-state index contributed by atoms with van der Waals surface area (Å²) < 4.78 is 0. The number of piperazine rings is 1. The van der Waals surface area contributed by atoms with Crippen LogP contribution in [0.3, 0.4) is 0 Å². The minimum absolute atomic E-state index is 0.0793. The number of nitrogens with zero attached hydrogens (tertiary/aromatic N) is 4. The van der Waals surface area contributed by atoms with Crippen molar-refractivity contribution in [2.75, 3.05) is 19.6 Å². The Bertz CT molecular complexity index is 699. The smallest absolute Gasteiger partial charge is 0.255 e. The summed E-state index contributed by atoms with van der Waals surface area (Å²) in [7, 11) is 0. The lowest BCUT2D eigenvalue weighted by Gasteiger charge is -2.43. The van der Waals surface area contributed by atoms with Crippen LogP contribution in [0.1, 0.15) is 37.6 Å². The normalized spacial score (nSPS) is 18.6. The van der Waals surface area contributed by atoms with Crippen LogP contribution in [0.4, 0.5) is 0 Å². The summed E-state index contributed by atoms with van der Waals surface area (Å²) in [6.45, 7) is 9.15. The number of amides is 1. The van der Waals surface area contributed by atoms with Gasteiger partial charge in [-0.05, 0) is 44.5 Å². The molecule has 3 heterocycles. The van der Waals surface area contributed by atoms with E-state index >= 15 is 0 Å². The van der Waals surface area contributed by atoms with Gasteiger partial charge in [-0.15, -0.1) is 0 Å². The fraction of sp³-hybridized carbons (Fsp3) is 0.450. The molecule has 0 saturated carbocycles. The van der Waals surface area contributed by atoms with E-state index in [4.69, 9.17) is 0 Å². The zero-order chi connectivity index (χ0) is 17.8. The van der Waals surface area contributed by atoms with E-state index in [1.807, 2.05) is 29.2 Å². The number of hydrogen-bond acceptors (Lipinski definition) is 4. The van der Waals surface area contributed by atoms with Gasteiger partial charge < -0.3 is 4.90 Å². The molecule has 1 aliphatic heterocycles. The van der Waals surface area contributed by atoms with Crippen molar-refractivity contribution >= 4 is 5.91 Å². The molecule has 3 rings (SSSR count). The molecule has 1 atom stereocenters. The lowest BCUT2D eigenvalue weighted by Crippen LogP contribution is -2.56. The molecule has 0 N–H and O–H groups in total. The predicted octanol–water partition coefficient (Wildman–Crippen LogP) is 3.09.